The van der Waals surface area contributed by atoms with E-state index in [0.29, 0.717) is 6.54 Å². The molecule has 0 bridgehead atoms. The van der Waals surface area contributed by atoms with Crippen molar-refractivity contribution in [3.05, 3.63) is 29.8 Å². The molecular formula is C12H19NO2. The molecular weight excluding hydrogens is 190 g/mol. The lowest BCUT2D eigenvalue weighted by Crippen LogP contribution is -2.36. The molecule has 1 aromatic rings. The molecule has 0 atom stereocenters. The molecule has 1 aromatic carbocycles. The summed E-state index contributed by atoms with van der Waals surface area (Å²) in [6, 6.07) is 7.65. The lowest BCUT2D eigenvalue weighted by Gasteiger charge is -2.27. The Hall–Kier alpha value is -1.06. The van der Waals surface area contributed by atoms with Crippen LogP contribution in [0.15, 0.2) is 24.3 Å². The number of anilines is 1. The first kappa shape index (κ1) is 12.0. The second-order valence-electron chi connectivity index (χ2n) is 4.49. The number of hydrogen-bond acceptors (Lipinski definition) is 3. The first-order valence-corrected chi connectivity index (χ1v) is 5.06. The van der Waals surface area contributed by atoms with Gasteiger partial charge in [-0.25, -0.2) is 0 Å². The molecule has 0 aliphatic heterocycles. The van der Waals surface area contributed by atoms with Gasteiger partial charge in [0.05, 0.1) is 12.2 Å². The topological polar surface area (TPSA) is 43.7 Å². The Labute approximate surface area is 91.0 Å². The number of nitrogens with zero attached hydrogens (tertiary/aromatic N) is 1. The van der Waals surface area contributed by atoms with E-state index < -0.39 is 5.60 Å². The van der Waals surface area contributed by atoms with E-state index in [1.807, 2.05) is 36.2 Å². The van der Waals surface area contributed by atoms with Gasteiger partial charge in [-0.05, 0) is 31.5 Å². The molecule has 0 radical (unpaired) electrons. The third kappa shape index (κ3) is 3.90. The molecule has 0 heterocycles. The Morgan fingerprint density at radius 1 is 1.20 bits per heavy atom. The molecule has 0 fully saturated rings. The van der Waals surface area contributed by atoms with Crippen molar-refractivity contribution in [3.63, 3.8) is 0 Å². The summed E-state index contributed by atoms with van der Waals surface area (Å²) in [4.78, 5) is 1.99. The maximum atomic E-state index is 9.67. The molecule has 3 nitrogen and oxygen atoms in total. The highest BCUT2D eigenvalue weighted by molar-refractivity contribution is 5.47. The second-order valence-corrected chi connectivity index (χ2v) is 4.49. The summed E-state index contributed by atoms with van der Waals surface area (Å²) in [5.41, 5.74) is 1.23. The number of aliphatic hydroxyl groups excluding tert-OH is 1. The smallest absolute Gasteiger partial charge is 0.0765 e. The Morgan fingerprint density at radius 3 is 2.13 bits per heavy atom. The van der Waals surface area contributed by atoms with Crippen LogP contribution in [-0.4, -0.2) is 29.4 Å². The van der Waals surface area contributed by atoms with E-state index in [0.717, 1.165) is 11.3 Å². The van der Waals surface area contributed by atoms with E-state index in [2.05, 4.69) is 0 Å². The Balaban J connectivity index is 2.70. The summed E-state index contributed by atoms with van der Waals surface area (Å²) in [6.07, 6.45) is 0. The fraction of sp³-hybridized carbons (Fsp3) is 0.500. The highest BCUT2D eigenvalue weighted by Crippen LogP contribution is 2.16. The van der Waals surface area contributed by atoms with Crippen LogP contribution in [0.4, 0.5) is 5.69 Å². The van der Waals surface area contributed by atoms with Gasteiger partial charge in [-0.15, -0.1) is 0 Å². The van der Waals surface area contributed by atoms with Crippen LogP contribution in [0.3, 0.4) is 0 Å². The van der Waals surface area contributed by atoms with E-state index in [4.69, 9.17) is 5.11 Å². The summed E-state index contributed by atoms with van der Waals surface area (Å²) >= 11 is 0. The minimum atomic E-state index is -0.704. The molecule has 0 saturated carbocycles. The highest BCUT2D eigenvalue weighted by atomic mass is 16.3. The standard InChI is InChI=1S/C12H19NO2/c1-12(2,15)9-13(3)11-6-4-10(8-14)5-7-11/h4-7,14-15H,8-9H2,1-3H3. The molecule has 15 heavy (non-hydrogen) atoms. The molecule has 3 heteroatoms. The van der Waals surface area contributed by atoms with Crippen LogP contribution in [0.5, 0.6) is 0 Å². The monoisotopic (exact) mass is 209 g/mol. The maximum absolute atomic E-state index is 9.67. The molecule has 0 saturated heterocycles. The zero-order valence-electron chi connectivity index (χ0n) is 9.57. The minimum absolute atomic E-state index is 0.0650. The summed E-state index contributed by atoms with van der Waals surface area (Å²) in [5, 5.41) is 18.6. The van der Waals surface area contributed by atoms with Crippen molar-refractivity contribution in [3.8, 4) is 0 Å². The zero-order valence-corrected chi connectivity index (χ0v) is 9.57. The molecule has 1 rings (SSSR count). The van der Waals surface area contributed by atoms with Crippen LogP contribution in [-0.2, 0) is 6.61 Å². The number of aliphatic hydroxyl groups is 2. The quantitative estimate of drug-likeness (QED) is 0.787. The fourth-order valence-corrected chi connectivity index (χ4v) is 1.53. The third-order valence-electron chi connectivity index (χ3n) is 2.18. The summed E-state index contributed by atoms with van der Waals surface area (Å²) in [6.45, 7) is 4.21. The Morgan fingerprint density at radius 2 is 1.73 bits per heavy atom. The van der Waals surface area contributed by atoms with Crippen molar-refractivity contribution in [2.45, 2.75) is 26.1 Å². The zero-order chi connectivity index (χ0) is 11.5. The van der Waals surface area contributed by atoms with Crippen molar-refractivity contribution in [1.29, 1.82) is 0 Å². The van der Waals surface area contributed by atoms with Gasteiger partial charge in [0.2, 0.25) is 0 Å². The van der Waals surface area contributed by atoms with E-state index in [1.54, 1.807) is 13.8 Å². The van der Waals surface area contributed by atoms with Crippen LogP contribution in [0, 0.1) is 0 Å². The normalized spacial score (nSPS) is 11.5. The van der Waals surface area contributed by atoms with Gasteiger partial charge in [0.25, 0.3) is 0 Å². The average Bonchev–Trinajstić information content (AvgIpc) is 2.15. The minimum Gasteiger partial charge on any atom is -0.392 e. The SMILES string of the molecule is CN(CC(C)(C)O)c1ccc(CO)cc1. The third-order valence-corrected chi connectivity index (χ3v) is 2.18. The molecule has 0 aromatic heterocycles. The lowest BCUT2D eigenvalue weighted by atomic mass is 10.1. The molecule has 0 aliphatic carbocycles. The molecule has 0 amide bonds. The second kappa shape index (κ2) is 4.64. The van der Waals surface area contributed by atoms with Crippen LogP contribution < -0.4 is 4.90 Å². The summed E-state index contributed by atoms with van der Waals surface area (Å²) in [7, 11) is 1.94. The Bertz CT molecular complexity index is 300. The van der Waals surface area contributed by atoms with Gasteiger partial charge in [0, 0.05) is 19.3 Å². The molecule has 0 aliphatic rings. The van der Waals surface area contributed by atoms with Crippen molar-refractivity contribution < 1.29 is 10.2 Å². The first-order valence-electron chi connectivity index (χ1n) is 5.06. The predicted octanol–water partition coefficient (Wildman–Crippen LogP) is 1.39. The van der Waals surface area contributed by atoms with Gasteiger partial charge in [0.1, 0.15) is 0 Å². The van der Waals surface area contributed by atoms with E-state index in [9.17, 15) is 5.11 Å². The van der Waals surface area contributed by atoms with E-state index in [-0.39, 0.29) is 6.61 Å². The molecule has 0 spiro atoms. The number of hydrogen-bond donors (Lipinski definition) is 2. The average molecular weight is 209 g/mol. The van der Waals surface area contributed by atoms with E-state index in [1.165, 1.54) is 0 Å². The first-order chi connectivity index (χ1) is 6.92. The lowest BCUT2D eigenvalue weighted by molar-refractivity contribution is 0.0886. The van der Waals surface area contributed by atoms with Crippen molar-refractivity contribution in [1.82, 2.24) is 0 Å². The predicted molar refractivity (Wildman–Crippen MR) is 61.9 cm³/mol. The van der Waals surface area contributed by atoms with Crippen LogP contribution in [0.25, 0.3) is 0 Å². The number of likely N-dealkylation sites (N-methyl/N-ethyl adjacent to an activating group) is 1. The molecule has 2 N–H and O–H groups in total. The van der Waals surface area contributed by atoms with Crippen molar-refractivity contribution >= 4 is 5.69 Å². The maximum Gasteiger partial charge on any atom is 0.0765 e. The van der Waals surface area contributed by atoms with Gasteiger partial charge < -0.3 is 15.1 Å². The van der Waals surface area contributed by atoms with Crippen LogP contribution >= 0.6 is 0 Å². The Kier molecular flexibility index (Phi) is 3.72. The largest absolute Gasteiger partial charge is 0.392 e. The highest BCUT2D eigenvalue weighted by Gasteiger charge is 2.15. The van der Waals surface area contributed by atoms with Gasteiger partial charge in [-0.2, -0.15) is 0 Å². The van der Waals surface area contributed by atoms with Gasteiger partial charge in [-0.1, -0.05) is 12.1 Å². The van der Waals surface area contributed by atoms with Gasteiger partial charge in [0.15, 0.2) is 0 Å². The number of rotatable bonds is 4. The van der Waals surface area contributed by atoms with Gasteiger partial charge in [-0.3, -0.25) is 0 Å². The van der Waals surface area contributed by atoms with Crippen molar-refractivity contribution in [2.24, 2.45) is 0 Å². The van der Waals surface area contributed by atoms with Crippen LogP contribution in [0.2, 0.25) is 0 Å². The number of benzene rings is 1. The van der Waals surface area contributed by atoms with E-state index >= 15 is 0 Å². The van der Waals surface area contributed by atoms with Crippen molar-refractivity contribution in [2.75, 3.05) is 18.5 Å². The summed E-state index contributed by atoms with van der Waals surface area (Å²) in [5.74, 6) is 0. The van der Waals surface area contributed by atoms with Gasteiger partial charge >= 0.3 is 0 Å². The molecule has 84 valence electrons. The summed E-state index contributed by atoms with van der Waals surface area (Å²) < 4.78 is 0. The fourth-order valence-electron chi connectivity index (χ4n) is 1.53. The molecule has 0 unspecified atom stereocenters. The van der Waals surface area contributed by atoms with Crippen LogP contribution in [0.1, 0.15) is 19.4 Å².